The summed E-state index contributed by atoms with van der Waals surface area (Å²) >= 11 is 7.16. The standard InChI is InChI=1S/C22H25Br2N3O/c1-14-7-3-4-9-19(14)27-20(13-26-10-6-5-8-15(26)2)25-21-17(22(27)28)11-16(23)12-18(21)24/h3-4,7,9,11-12,15,20,25H,5-6,8,10,13H2,1-2H3. The van der Waals surface area contributed by atoms with Crippen molar-refractivity contribution < 1.29 is 4.79 Å². The lowest BCUT2D eigenvalue weighted by molar-refractivity contribution is 0.0952. The lowest BCUT2D eigenvalue weighted by Crippen LogP contribution is -2.56. The number of carbonyl (C=O) groups is 1. The van der Waals surface area contributed by atoms with Gasteiger partial charge in [0, 0.05) is 27.2 Å². The highest BCUT2D eigenvalue weighted by atomic mass is 79.9. The summed E-state index contributed by atoms with van der Waals surface area (Å²) in [5, 5.41) is 3.66. The highest BCUT2D eigenvalue weighted by Crippen LogP contribution is 2.38. The first kappa shape index (κ1) is 19.9. The van der Waals surface area contributed by atoms with E-state index in [1.54, 1.807) is 0 Å². The van der Waals surface area contributed by atoms with E-state index < -0.39 is 0 Å². The van der Waals surface area contributed by atoms with Crippen LogP contribution >= 0.6 is 31.9 Å². The van der Waals surface area contributed by atoms with Crippen LogP contribution in [0.2, 0.25) is 0 Å². The van der Waals surface area contributed by atoms with Crippen LogP contribution in [0.3, 0.4) is 0 Å². The Hall–Kier alpha value is -1.37. The number of carbonyl (C=O) groups excluding carboxylic acids is 1. The molecule has 2 aromatic rings. The van der Waals surface area contributed by atoms with Crippen molar-refractivity contribution in [2.24, 2.45) is 0 Å². The van der Waals surface area contributed by atoms with Crippen molar-refractivity contribution in [3.05, 3.63) is 56.5 Å². The maximum Gasteiger partial charge on any atom is 0.262 e. The molecule has 0 radical (unpaired) electrons. The van der Waals surface area contributed by atoms with Gasteiger partial charge >= 0.3 is 0 Å². The first-order valence-electron chi connectivity index (χ1n) is 9.84. The molecule has 0 aliphatic carbocycles. The van der Waals surface area contributed by atoms with E-state index in [9.17, 15) is 4.79 Å². The van der Waals surface area contributed by atoms with Crippen molar-refractivity contribution >= 4 is 49.1 Å². The number of halogens is 2. The molecule has 4 nitrogen and oxygen atoms in total. The third-order valence-electron chi connectivity index (χ3n) is 5.85. The van der Waals surface area contributed by atoms with E-state index in [1.807, 2.05) is 35.2 Å². The molecule has 0 aromatic heterocycles. The quantitative estimate of drug-likeness (QED) is 0.572. The Morgan fingerprint density at radius 1 is 1.18 bits per heavy atom. The number of rotatable bonds is 3. The van der Waals surface area contributed by atoms with Gasteiger partial charge in [0.1, 0.15) is 6.17 Å². The number of nitrogens with one attached hydrogen (secondary N) is 1. The average Bonchev–Trinajstić information content (AvgIpc) is 2.66. The summed E-state index contributed by atoms with van der Waals surface area (Å²) < 4.78 is 1.80. The summed E-state index contributed by atoms with van der Waals surface area (Å²) in [4.78, 5) is 18.1. The molecule has 2 heterocycles. The SMILES string of the molecule is Cc1ccccc1N1C(=O)c2cc(Br)cc(Br)c2NC1CN1CCCCC1C. The normalized spacial score (nSPS) is 22.7. The number of amides is 1. The number of likely N-dealkylation sites (tertiary alicyclic amines) is 1. The Kier molecular flexibility index (Phi) is 5.81. The molecule has 0 saturated carbocycles. The summed E-state index contributed by atoms with van der Waals surface area (Å²) in [6, 6.07) is 12.6. The second-order valence-electron chi connectivity index (χ2n) is 7.77. The van der Waals surface area contributed by atoms with Gasteiger partial charge in [0.25, 0.3) is 5.91 Å². The zero-order chi connectivity index (χ0) is 19.8. The van der Waals surface area contributed by atoms with Gasteiger partial charge in [-0.2, -0.15) is 0 Å². The predicted octanol–water partition coefficient (Wildman–Crippen LogP) is 5.79. The molecular weight excluding hydrogens is 482 g/mol. The lowest BCUT2D eigenvalue weighted by Gasteiger charge is -2.43. The number of benzene rings is 2. The third kappa shape index (κ3) is 3.74. The predicted molar refractivity (Wildman–Crippen MR) is 122 cm³/mol. The molecule has 2 aliphatic heterocycles. The fraction of sp³-hybridized carbons (Fsp3) is 0.409. The summed E-state index contributed by atoms with van der Waals surface area (Å²) in [6.07, 6.45) is 3.62. The molecule has 1 saturated heterocycles. The molecule has 1 amide bonds. The topological polar surface area (TPSA) is 35.6 Å². The fourth-order valence-corrected chi connectivity index (χ4v) is 5.62. The van der Waals surface area contributed by atoms with Crippen molar-refractivity contribution in [1.29, 1.82) is 0 Å². The molecule has 1 fully saturated rings. The maximum atomic E-state index is 13.6. The van der Waals surface area contributed by atoms with Crippen LogP contribution in [0.25, 0.3) is 0 Å². The lowest BCUT2D eigenvalue weighted by atomic mass is 10.0. The van der Waals surface area contributed by atoms with E-state index in [4.69, 9.17) is 0 Å². The van der Waals surface area contributed by atoms with Crippen molar-refractivity contribution in [3.8, 4) is 0 Å². The van der Waals surface area contributed by atoms with Gasteiger partial charge in [-0.1, -0.05) is 40.5 Å². The molecule has 0 bridgehead atoms. The number of anilines is 2. The summed E-state index contributed by atoms with van der Waals surface area (Å²) in [5.41, 5.74) is 3.64. The van der Waals surface area contributed by atoms with Gasteiger partial charge in [0.05, 0.1) is 11.3 Å². The number of nitrogens with zero attached hydrogens (tertiary/aromatic N) is 2. The summed E-state index contributed by atoms with van der Waals surface area (Å²) in [5.74, 6) is 0.0414. The van der Waals surface area contributed by atoms with Crippen LogP contribution in [0.1, 0.15) is 42.1 Å². The second-order valence-corrected chi connectivity index (χ2v) is 9.54. The second kappa shape index (κ2) is 8.17. The molecule has 2 unspecified atom stereocenters. The number of aryl methyl sites for hydroxylation is 1. The first-order chi connectivity index (χ1) is 13.5. The number of hydrogen-bond donors (Lipinski definition) is 1. The minimum absolute atomic E-state index is 0.0414. The highest BCUT2D eigenvalue weighted by Gasteiger charge is 2.37. The van der Waals surface area contributed by atoms with Crippen LogP contribution in [-0.4, -0.2) is 36.1 Å². The van der Waals surface area contributed by atoms with Crippen LogP contribution in [0, 0.1) is 6.92 Å². The minimum atomic E-state index is -0.112. The van der Waals surface area contributed by atoms with Gasteiger partial charge in [-0.15, -0.1) is 0 Å². The molecule has 2 aromatic carbocycles. The van der Waals surface area contributed by atoms with E-state index in [0.717, 1.165) is 39.0 Å². The van der Waals surface area contributed by atoms with Gasteiger partial charge in [-0.05, 0) is 72.9 Å². The van der Waals surface area contributed by atoms with Gasteiger partial charge in [0.15, 0.2) is 0 Å². The Bertz CT molecular complexity index is 901. The van der Waals surface area contributed by atoms with E-state index in [2.05, 4.69) is 62.0 Å². The van der Waals surface area contributed by atoms with Gasteiger partial charge < -0.3 is 5.32 Å². The molecule has 148 valence electrons. The molecule has 0 spiro atoms. The molecule has 2 atom stereocenters. The largest absolute Gasteiger partial charge is 0.362 e. The Labute approximate surface area is 183 Å². The third-order valence-corrected chi connectivity index (χ3v) is 6.93. The number of piperidine rings is 1. The molecule has 2 aliphatic rings. The Balaban J connectivity index is 1.77. The molecule has 28 heavy (non-hydrogen) atoms. The molecular formula is C22H25Br2N3O. The van der Waals surface area contributed by atoms with Gasteiger partial charge in [-0.25, -0.2) is 0 Å². The Morgan fingerprint density at radius 2 is 1.96 bits per heavy atom. The van der Waals surface area contributed by atoms with Crippen molar-refractivity contribution in [2.75, 3.05) is 23.3 Å². The van der Waals surface area contributed by atoms with E-state index in [1.165, 1.54) is 19.3 Å². The van der Waals surface area contributed by atoms with E-state index in [0.29, 0.717) is 11.6 Å². The zero-order valence-corrected chi connectivity index (χ0v) is 19.4. The van der Waals surface area contributed by atoms with Crippen molar-refractivity contribution in [3.63, 3.8) is 0 Å². The van der Waals surface area contributed by atoms with Crippen LogP contribution < -0.4 is 10.2 Å². The maximum absolute atomic E-state index is 13.6. The molecule has 1 N–H and O–H groups in total. The van der Waals surface area contributed by atoms with Crippen LogP contribution in [0.5, 0.6) is 0 Å². The monoisotopic (exact) mass is 505 g/mol. The van der Waals surface area contributed by atoms with Crippen molar-refractivity contribution in [1.82, 2.24) is 4.90 Å². The van der Waals surface area contributed by atoms with Crippen LogP contribution in [-0.2, 0) is 0 Å². The van der Waals surface area contributed by atoms with E-state index >= 15 is 0 Å². The number of fused-ring (bicyclic) bond motifs is 1. The van der Waals surface area contributed by atoms with Crippen LogP contribution in [0.4, 0.5) is 11.4 Å². The highest BCUT2D eigenvalue weighted by molar-refractivity contribution is 9.11. The number of hydrogen-bond acceptors (Lipinski definition) is 3. The minimum Gasteiger partial charge on any atom is -0.362 e. The zero-order valence-electron chi connectivity index (χ0n) is 16.2. The first-order valence-corrected chi connectivity index (χ1v) is 11.4. The Morgan fingerprint density at radius 3 is 2.71 bits per heavy atom. The van der Waals surface area contributed by atoms with Crippen LogP contribution in [0.15, 0.2) is 45.3 Å². The average molecular weight is 507 g/mol. The smallest absolute Gasteiger partial charge is 0.262 e. The van der Waals surface area contributed by atoms with Crippen molar-refractivity contribution in [2.45, 2.75) is 45.3 Å². The molecule has 6 heteroatoms. The van der Waals surface area contributed by atoms with Gasteiger partial charge in [-0.3, -0.25) is 14.6 Å². The van der Waals surface area contributed by atoms with Gasteiger partial charge in [0.2, 0.25) is 0 Å². The summed E-state index contributed by atoms with van der Waals surface area (Å²) in [6.45, 7) is 6.26. The van der Waals surface area contributed by atoms with E-state index in [-0.39, 0.29) is 12.1 Å². The molecule has 4 rings (SSSR count). The number of para-hydroxylation sites is 1. The summed E-state index contributed by atoms with van der Waals surface area (Å²) in [7, 11) is 0. The fourth-order valence-electron chi connectivity index (χ4n) is 4.28.